The van der Waals surface area contributed by atoms with Crippen LogP contribution in [0.1, 0.15) is 21.0 Å². The lowest BCUT2D eigenvalue weighted by molar-refractivity contribution is 1.08. The van der Waals surface area contributed by atoms with Crippen LogP contribution >= 0.6 is 11.3 Å². The van der Waals surface area contributed by atoms with Crippen molar-refractivity contribution in [2.45, 2.75) is 19.9 Å². The predicted octanol–water partition coefficient (Wildman–Crippen LogP) is 2.50. The summed E-state index contributed by atoms with van der Waals surface area (Å²) in [6, 6.07) is 8.57. The van der Waals surface area contributed by atoms with Gasteiger partial charge in [0.2, 0.25) is 0 Å². The molecular formula is C12H14N2S. The van der Waals surface area contributed by atoms with Gasteiger partial charge in [-0.05, 0) is 12.5 Å². The number of aryl methyl sites for hydroxylation is 1. The van der Waals surface area contributed by atoms with Crippen LogP contribution in [0.15, 0.2) is 30.5 Å². The zero-order valence-electron chi connectivity index (χ0n) is 8.73. The fraction of sp³-hybridized carbons (Fsp3) is 0.250. The van der Waals surface area contributed by atoms with E-state index in [1.54, 1.807) is 11.3 Å². The van der Waals surface area contributed by atoms with Crippen LogP contribution in [-0.4, -0.2) is 4.98 Å². The summed E-state index contributed by atoms with van der Waals surface area (Å²) in [5.41, 5.74) is 8.14. The lowest BCUT2D eigenvalue weighted by atomic mass is 10.1. The summed E-state index contributed by atoms with van der Waals surface area (Å²) in [6.45, 7) is 2.69. The Morgan fingerprint density at radius 3 is 2.60 bits per heavy atom. The van der Waals surface area contributed by atoms with Gasteiger partial charge in [0.1, 0.15) is 0 Å². The molecule has 2 rings (SSSR count). The molecule has 1 heterocycles. The van der Waals surface area contributed by atoms with E-state index >= 15 is 0 Å². The summed E-state index contributed by atoms with van der Waals surface area (Å²) in [4.78, 5) is 5.49. The topological polar surface area (TPSA) is 38.9 Å². The van der Waals surface area contributed by atoms with Gasteiger partial charge >= 0.3 is 0 Å². The van der Waals surface area contributed by atoms with Gasteiger partial charge in [0.15, 0.2) is 0 Å². The first-order valence-electron chi connectivity index (χ1n) is 4.97. The highest BCUT2D eigenvalue weighted by molar-refractivity contribution is 7.11. The van der Waals surface area contributed by atoms with Gasteiger partial charge in [-0.3, -0.25) is 0 Å². The third-order valence-electron chi connectivity index (χ3n) is 2.28. The standard InChI is InChI=1S/C12H14N2S/c1-9-2-4-10(5-3-9)6-12-14-8-11(7-13)15-12/h2-5,8H,6-7,13H2,1H3. The molecule has 1 aromatic heterocycles. The number of nitrogens with two attached hydrogens (primary N) is 1. The van der Waals surface area contributed by atoms with Crippen LogP contribution in [0.5, 0.6) is 0 Å². The lowest BCUT2D eigenvalue weighted by Crippen LogP contribution is -1.91. The van der Waals surface area contributed by atoms with Gasteiger partial charge < -0.3 is 5.73 Å². The molecule has 0 bridgehead atoms. The molecule has 0 saturated carbocycles. The monoisotopic (exact) mass is 218 g/mol. The maximum atomic E-state index is 5.55. The van der Waals surface area contributed by atoms with Gasteiger partial charge in [-0.1, -0.05) is 29.8 Å². The van der Waals surface area contributed by atoms with Gasteiger partial charge in [-0.15, -0.1) is 11.3 Å². The molecule has 0 spiro atoms. The zero-order chi connectivity index (χ0) is 10.7. The Kier molecular flexibility index (Phi) is 3.14. The lowest BCUT2D eigenvalue weighted by Gasteiger charge is -1.98. The van der Waals surface area contributed by atoms with E-state index < -0.39 is 0 Å². The average Bonchev–Trinajstić information content (AvgIpc) is 2.69. The second-order valence-corrected chi connectivity index (χ2v) is 4.79. The van der Waals surface area contributed by atoms with Gasteiger partial charge in [-0.2, -0.15) is 0 Å². The Hall–Kier alpha value is -1.19. The summed E-state index contributed by atoms with van der Waals surface area (Å²) in [5.74, 6) is 0. The van der Waals surface area contributed by atoms with Crippen LogP contribution in [0.4, 0.5) is 0 Å². The molecule has 0 saturated heterocycles. The first-order chi connectivity index (χ1) is 7.28. The number of aromatic nitrogens is 1. The molecule has 0 atom stereocenters. The van der Waals surface area contributed by atoms with Crippen molar-refractivity contribution in [3.05, 3.63) is 51.5 Å². The molecule has 0 amide bonds. The maximum absolute atomic E-state index is 5.55. The minimum Gasteiger partial charge on any atom is -0.326 e. The summed E-state index contributed by atoms with van der Waals surface area (Å²) in [7, 11) is 0. The van der Waals surface area contributed by atoms with Crippen molar-refractivity contribution in [2.24, 2.45) is 5.73 Å². The first-order valence-corrected chi connectivity index (χ1v) is 5.79. The second-order valence-electron chi connectivity index (χ2n) is 3.59. The highest BCUT2D eigenvalue weighted by Crippen LogP contribution is 2.16. The Labute approximate surface area is 93.8 Å². The minimum atomic E-state index is 0.589. The van der Waals surface area contributed by atoms with E-state index in [-0.39, 0.29) is 0 Å². The molecule has 0 unspecified atom stereocenters. The van der Waals surface area contributed by atoms with Crippen molar-refractivity contribution in [3.8, 4) is 0 Å². The van der Waals surface area contributed by atoms with Crippen molar-refractivity contribution in [1.29, 1.82) is 0 Å². The molecule has 0 aliphatic rings. The fourth-order valence-corrected chi connectivity index (χ4v) is 2.24. The number of thiazole rings is 1. The molecule has 15 heavy (non-hydrogen) atoms. The predicted molar refractivity (Wildman–Crippen MR) is 64.0 cm³/mol. The molecule has 1 aromatic carbocycles. The third-order valence-corrected chi connectivity index (χ3v) is 3.30. The summed E-state index contributed by atoms with van der Waals surface area (Å²) < 4.78 is 0. The largest absolute Gasteiger partial charge is 0.326 e. The van der Waals surface area contributed by atoms with E-state index in [4.69, 9.17) is 5.73 Å². The molecule has 2 aromatic rings. The Morgan fingerprint density at radius 2 is 2.00 bits per heavy atom. The van der Waals surface area contributed by atoms with Gasteiger partial charge in [0.25, 0.3) is 0 Å². The molecule has 0 aliphatic heterocycles. The molecule has 3 heteroatoms. The van der Waals surface area contributed by atoms with Crippen LogP contribution in [0.2, 0.25) is 0 Å². The fourth-order valence-electron chi connectivity index (χ4n) is 1.40. The smallest absolute Gasteiger partial charge is 0.0971 e. The Bertz CT molecular complexity index is 431. The van der Waals surface area contributed by atoms with Crippen LogP contribution < -0.4 is 5.73 Å². The van der Waals surface area contributed by atoms with Crippen LogP contribution in [0, 0.1) is 6.92 Å². The highest BCUT2D eigenvalue weighted by Gasteiger charge is 2.01. The number of benzene rings is 1. The number of hydrogen-bond acceptors (Lipinski definition) is 3. The average molecular weight is 218 g/mol. The SMILES string of the molecule is Cc1ccc(Cc2ncc(CN)s2)cc1. The molecule has 2 nitrogen and oxygen atoms in total. The number of hydrogen-bond donors (Lipinski definition) is 1. The number of rotatable bonds is 3. The van der Waals surface area contributed by atoms with Crippen molar-refractivity contribution >= 4 is 11.3 Å². The van der Waals surface area contributed by atoms with Crippen LogP contribution in [-0.2, 0) is 13.0 Å². The van der Waals surface area contributed by atoms with Gasteiger partial charge in [0, 0.05) is 24.0 Å². The first kappa shape index (κ1) is 10.3. The van der Waals surface area contributed by atoms with Crippen molar-refractivity contribution in [1.82, 2.24) is 4.98 Å². The summed E-state index contributed by atoms with van der Waals surface area (Å²) >= 11 is 1.70. The third kappa shape index (κ3) is 2.64. The highest BCUT2D eigenvalue weighted by atomic mass is 32.1. The molecule has 0 radical (unpaired) electrons. The molecule has 0 fully saturated rings. The Balaban J connectivity index is 2.11. The van der Waals surface area contributed by atoms with E-state index in [1.807, 2.05) is 6.20 Å². The van der Waals surface area contributed by atoms with E-state index in [9.17, 15) is 0 Å². The van der Waals surface area contributed by atoms with E-state index in [0.717, 1.165) is 16.3 Å². The van der Waals surface area contributed by atoms with Crippen molar-refractivity contribution in [2.75, 3.05) is 0 Å². The van der Waals surface area contributed by atoms with Crippen molar-refractivity contribution < 1.29 is 0 Å². The van der Waals surface area contributed by atoms with E-state index in [1.165, 1.54) is 11.1 Å². The summed E-state index contributed by atoms with van der Waals surface area (Å²) in [5, 5.41) is 1.14. The number of nitrogens with zero attached hydrogens (tertiary/aromatic N) is 1. The van der Waals surface area contributed by atoms with Crippen LogP contribution in [0.3, 0.4) is 0 Å². The van der Waals surface area contributed by atoms with E-state index in [2.05, 4.69) is 36.2 Å². The van der Waals surface area contributed by atoms with Crippen molar-refractivity contribution in [3.63, 3.8) is 0 Å². The quantitative estimate of drug-likeness (QED) is 0.859. The van der Waals surface area contributed by atoms with E-state index in [0.29, 0.717) is 6.54 Å². The normalized spacial score (nSPS) is 10.5. The second kappa shape index (κ2) is 4.55. The Morgan fingerprint density at radius 1 is 1.27 bits per heavy atom. The molecule has 0 aliphatic carbocycles. The van der Waals surface area contributed by atoms with Gasteiger partial charge in [0.05, 0.1) is 5.01 Å². The minimum absolute atomic E-state index is 0.589. The molecule has 78 valence electrons. The molecule has 2 N–H and O–H groups in total. The zero-order valence-corrected chi connectivity index (χ0v) is 9.55. The molecular weight excluding hydrogens is 204 g/mol. The van der Waals surface area contributed by atoms with Gasteiger partial charge in [-0.25, -0.2) is 4.98 Å². The summed E-state index contributed by atoms with van der Waals surface area (Å²) in [6.07, 6.45) is 2.78. The van der Waals surface area contributed by atoms with Crippen LogP contribution in [0.25, 0.3) is 0 Å². The maximum Gasteiger partial charge on any atom is 0.0971 e.